The first-order chi connectivity index (χ1) is 7.26. The van der Waals surface area contributed by atoms with Crippen LogP contribution in [0.2, 0.25) is 0 Å². The molecule has 0 atom stereocenters. The molecule has 0 rings (SSSR count). The predicted molar refractivity (Wildman–Crippen MR) is 64.7 cm³/mol. The van der Waals surface area contributed by atoms with E-state index in [-0.39, 0.29) is 5.88 Å². The van der Waals surface area contributed by atoms with E-state index in [0.717, 1.165) is 12.8 Å². The van der Waals surface area contributed by atoms with Crippen LogP contribution in [0.1, 0.15) is 26.7 Å². The molecule has 0 aromatic carbocycles. The molecule has 0 fully saturated rings. The SMILES string of the molecule is C/C=C\C=NCN(NC)/C(O)=C\CCC. The van der Waals surface area contributed by atoms with Crippen LogP contribution < -0.4 is 5.43 Å². The standard InChI is InChI=1S/C11H21N3O/c1-4-6-8-11(15)14(12-3)10-13-9-7-5-2/h5,7-9,12,15H,4,6,10H2,1-3H3/b7-5-,11-8+,13-9?. The van der Waals surface area contributed by atoms with E-state index in [4.69, 9.17) is 0 Å². The van der Waals surface area contributed by atoms with Gasteiger partial charge in [-0.05, 0) is 25.5 Å². The first-order valence-electron chi connectivity index (χ1n) is 5.21. The highest BCUT2D eigenvalue weighted by molar-refractivity contribution is 5.70. The van der Waals surface area contributed by atoms with E-state index in [9.17, 15) is 5.11 Å². The summed E-state index contributed by atoms with van der Waals surface area (Å²) in [6, 6.07) is 0. The van der Waals surface area contributed by atoms with Crippen molar-refractivity contribution in [2.45, 2.75) is 26.7 Å². The van der Waals surface area contributed by atoms with E-state index in [1.165, 1.54) is 0 Å². The molecule has 0 heterocycles. The van der Waals surface area contributed by atoms with Gasteiger partial charge in [-0.2, -0.15) is 0 Å². The van der Waals surface area contributed by atoms with Gasteiger partial charge in [-0.25, -0.2) is 5.43 Å². The molecule has 15 heavy (non-hydrogen) atoms. The monoisotopic (exact) mass is 211 g/mol. The zero-order valence-corrected chi connectivity index (χ0v) is 9.77. The van der Waals surface area contributed by atoms with E-state index in [1.807, 2.05) is 19.1 Å². The average Bonchev–Trinajstić information content (AvgIpc) is 2.26. The third-order valence-electron chi connectivity index (χ3n) is 1.77. The number of unbranched alkanes of at least 4 members (excludes halogenated alkanes) is 1. The molecule has 0 saturated heterocycles. The third-order valence-corrected chi connectivity index (χ3v) is 1.77. The van der Waals surface area contributed by atoms with Crippen LogP contribution in [0, 0.1) is 0 Å². The Morgan fingerprint density at radius 1 is 1.53 bits per heavy atom. The van der Waals surface area contributed by atoms with Crippen LogP contribution in [0.5, 0.6) is 0 Å². The van der Waals surface area contributed by atoms with Crippen LogP contribution in [0.4, 0.5) is 0 Å². The fourth-order valence-corrected chi connectivity index (χ4v) is 0.917. The van der Waals surface area contributed by atoms with Crippen molar-refractivity contribution in [1.29, 1.82) is 0 Å². The molecule has 4 nitrogen and oxygen atoms in total. The molecule has 0 bridgehead atoms. The zero-order chi connectivity index (χ0) is 11.5. The number of aliphatic imine (C=N–C) groups is 1. The fourth-order valence-electron chi connectivity index (χ4n) is 0.917. The Balaban J connectivity index is 4.11. The van der Waals surface area contributed by atoms with Crippen LogP contribution in [-0.4, -0.2) is 30.0 Å². The number of aliphatic hydroxyl groups excluding tert-OH is 1. The van der Waals surface area contributed by atoms with Crippen LogP contribution in [0.15, 0.2) is 29.1 Å². The summed E-state index contributed by atoms with van der Waals surface area (Å²) in [5.41, 5.74) is 2.86. The second kappa shape index (κ2) is 9.27. The lowest BCUT2D eigenvalue weighted by Crippen LogP contribution is -2.34. The van der Waals surface area contributed by atoms with Gasteiger partial charge in [0.25, 0.3) is 0 Å². The molecule has 0 aliphatic rings. The van der Waals surface area contributed by atoms with Crippen molar-refractivity contribution in [3.8, 4) is 0 Å². The van der Waals surface area contributed by atoms with Gasteiger partial charge in [0.05, 0.1) is 0 Å². The number of hydrogen-bond donors (Lipinski definition) is 2. The molecule has 0 aromatic heterocycles. The highest BCUT2D eigenvalue weighted by Crippen LogP contribution is 1.99. The fraction of sp³-hybridized carbons (Fsp3) is 0.545. The second-order valence-corrected chi connectivity index (χ2v) is 3.00. The molecule has 0 spiro atoms. The van der Waals surface area contributed by atoms with Crippen LogP contribution >= 0.6 is 0 Å². The number of nitrogens with zero attached hydrogens (tertiary/aromatic N) is 2. The second-order valence-electron chi connectivity index (χ2n) is 3.00. The Bertz CT molecular complexity index is 234. The Hall–Kier alpha value is -1.29. The Morgan fingerprint density at radius 2 is 2.27 bits per heavy atom. The first-order valence-corrected chi connectivity index (χ1v) is 5.21. The van der Waals surface area contributed by atoms with Gasteiger partial charge in [0, 0.05) is 13.3 Å². The number of hydrazine groups is 1. The number of rotatable bonds is 7. The van der Waals surface area contributed by atoms with E-state index in [2.05, 4.69) is 17.3 Å². The largest absolute Gasteiger partial charge is 0.494 e. The van der Waals surface area contributed by atoms with E-state index < -0.39 is 0 Å². The molecule has 0 aliphatic heterocycles. The van der Waals surface area contributed by atoms with Crippen LogP contribution in [0.3, 0.4) is 0 Å². The van der Waals surface area contributed by atoms with Crippen LogP contribution in [-0.2, 0) is 0 Å². The predicted octanol–water partition coefficient (Wildman–Crippen LogP) is 2.23. The average molecular weight is 211 g/mol. The van der Waals surface area contributed by atoms with Gasteiger partial charge in [0.15, 0.2) is 5.88 Å². The molecule has 0 aliphatic carbocycles. The summed E-state index contributed by atoms with van der Waals surface area (Å²) >= 11 is 0. The summed E-state index contributed by atoms with van der Waals surface area (Å²) in [6.07, 6.45) is 9.12. The molecule has 0 amide bonds. The maximum atomic E-state index is 9.63. The first kappa shape index (κ1) is 13.7. The highest BCUT2D eigenvalue weighted by Gasteiger charge is 2.02. The van der Waals surface area contributed by atoms with Crippen molar-refractivity contribution < 1.29 is 5.11 Å². The molecule has 2 N–H and O–H groups in total. The topological polar surface area (TPSA) is 47.9 Å². The van der Waals surface area contributed by atoms with Crippen molar-refractivity contribution in [1.82, 2.24) is 10.4 Å². The van der Waals surface area contributed by atoms with Crippen molar-refractivity contribution in [2.24, 2.45) is 4.99 Å². The summed E-state index contributed by atoms with van der Waals surface area (Å²) < 4.78 is 0. The van der Waals surface area contributed by atoms with E-state index >= 15 is 0 Å². The molecule has 4 heteroatoms. The minimum Gasteiger partial charge on any atom is -0.494 e. The lowest BCUT2D eigenvalue weighted by atomic mass is 10.3. The van der Waals surface area contributed by atoms with Gasteiger partial charge in [-0.3, -0.25) is 10.0 Å². The number of aliphatic hydroxyl groups is 1. The van der Waals surface area contributed by atoms with Gasteiger partial charge < -0.3 is 5.11 Å². The lowest BCUT2D eigenvalue weighted by molar-refractivity contribution is 0.159. The minimum atomic E-state index is 0.219. The molecule has 0 unspecified atom stereocenters. The van der Waals surface area contributed by atoms with Crippen LogP contribution in [0.25, 0.3) is 0 Å². The smallest absolute Gasteiger partial charge is 0.199 e. The maximum Gasteiger partial charge on any atom is 0.199 e. The molecule has 0 radical (unpaired) electrons. The number of allylic oxidation sites excluding steroid dienone is 3. The van der Waals surface area contributed by atoms with E-state index in [0.29, 0.717) is 6.67 Å². The van der Waals surface area contributed by atoms with Gasteiger partial charge in [0.1, 0.15) is 6.67 Å². The Kier molecular flexibility index (Phi) is 8.47. The minimum absolute atomic E-state index is 0.219. The number of nitrogens with one attached hydrogen (secondary N) is 1. The number of hydrogen-bond acceptors (Lipinski definition) is 4. The van der Waals surface area contributed by atoms with Gasteiger partial charge in [0.2, 0.25) is 0 Å². The molecular weight excluding hydrogens is 190 g/mol. The van der Waals surface area contributed by atoms with Crippen molar-refractivity contribution >= 4 is 6.21 Å². The summed E-state index contributed by atoms with van der Waals surface area (Å²) in [5, 5.41) is 11.2. The Morgan fingerprint density at radius 3 is 2.80 bits per heavy atom. The zero-order valence-electron chi connectivity index (χ0n) is 9.77. The normalized spacial score (nSPS) is 12.9. The van der Waals surface area contributed by atoms with Gasteiger partial charge >= 0.3 is 0 Å². The summed E-state index contributed by atoms with van der Waals surface area (Å²) in [6.45, 7) is 4.39. The maximum absolute atomic E-state index is 9.63. The van der Waals surface area contributed by atoms with Gasteiger partial charge in [-0.1, -0.05) is 19.4 Å². The van der Waals surface area contributed by atoms with E-state index in [1.54, 1.807) is 24.3 Å². The summed E-state index contributed by atoms with van der Waals surface area (Å²) in [7, 11) is 1.75. The molecule has 0 saturated carbocycles. The highest BCUT2D eigenvalue weighted by atomic mass is 16.3. The molecular formula is C11H21N3O. The summed E-state index contributed by atoms with van der Waals surface area (Å²) in [5.74, 6) is 0.219. The molecule has 0 aromatic rings. The van der Waals surface area contributed by atoms with Crippen molar-refractivity contribution in [3.05, 3.63) is 24.1 Å². The lowest BCUT2D eigenvalue weighted by Gasteiger charge is -2.19. The van der Waals surface area contributed by atoms with Crippen molar-refractivity contribution in [3.63, 3.8) is 0 Å². The summed E-state index contributed by atoms with van der Waals surface area (Å²) in [4.78, 5) is 4.11. The quantitative estimate of drug-likeness (QED) is 0.385. The Labute approximate surface area is 92.0 Å². The third kappa shape index (κ3) is 6.74. The van der Waals surface area contributed by atoms with Crippen molar-refractivity contribution in [2.75, 3.05) is 13.7 Å². The van der Waals surface area contributed by atoms with Gasteiger partial charge in [-0.15, -0.1) is 0 Å². The molecule has 86 valence electrons.